The van der Waals surface area contributed by atoms with Crippen LogP contribution in [0.25, 0.3) is 0 Å². The summed E-state index contributed by atoms with van der Waals surface area (Å²) in [6.07, 6.45) is -3.94. The van der Waals surface area contributed by atoms with Crippen LogP contribution in [0, 0.1) is 0 Å². The van der Waals surface area contributed by atoms with E-state index in [1.165, 1.54) is 31.2 Å². The molecule has 2 aromatic rings. The molecule has 2 aromatic carbocycles. The lowest BCUT2D eigenvalue weighted by molar-refractivity contribution is -0.137. The highest BCUT2D eigenvalue weighted by Gasteiger charge is 2.30. The number of fused-ring (bicyclic) bond motifs is 1. The van der Waals surface area contributed by atoms with Crippen molar-refractivity contribution in [3.63, 3.8) is 0 Å². The van der Waals surface area contributed by atoms with Crippen molar-refractivity contribution in [1.82, 2.24) is 4.72 Å². The first-order valence-corrected chi connectivity index (χ1v) is 9.63. The second kappa shape index (κ2) is 6.97. The van der Waals surface area contributed by atoms with Crippen molar-refractivity contribution in [2.45, 2.75) is 31.0 Å². The minimum Gasteiger partial charge on any atom is -0.312 e. The topological polar surface area (TPSA) is 66.5 Å². The number of benzene rings is 2. The number of nitrogens with one attached hydrogen (secondary N) is 1. The normalized spacial score (nSPS) is 14.3. The Morgan fingerprint density at radius 2 is 1.93 bits per heavy atom. The molecule has 0 fully saturated rings. The minimum absolute atomic E-state index is 0.0126. The maximum absolute atomic E-state index is 12.8. The van der Waals surface area contributed by atoms with Crippen LogP contribution in [0.1, 0.15) is 23.6 Å². The molecule has 1 heterocycles. The van der Waals surface area contributed by atoms with E-state index in [1.54, 1.807) is 11.0 Å². The van der Waals surface area contributed by atoms with E-state index >= 15 is 0 Å². The molecule has 0 saturated carbocycles. The molecule has 0 spiro atoms. The highest BCUT2D eigenvalue weighted by Crippen LogP contribution is 2.31. The number of carbonyl (C=O) groups excluding carboxylic acids is 1. The maximum atomic E-state index is 12.8. The number of sulfonamides is 1. The molecule has 0 atom stereocenters. The van der Waals surface area contributed by atoms with Gasteiger partial charge in [-0.05, 0) is 41.8 Å². The Bertz CT molecular complexity index is 988. The molecular formula is C18H17F3N2O3S. The van der Waals surface area contributed by atoms with E-state index in [0.29, 0.717) is 18.7 Å². The molecule has 1 N–H and O–H groups in total. The van der Waals surface area contributed by atoms with Crippen molar-refractivity contribution in [3.05, 3.63) is 59.2 Å². The monoisotopic (exact) mass is 398 g/mol. The van der Waals surface area contributed by atoms with E-state index in [0.717, 1.165) is 17.7 Å². The number of carbonyl (C=O) groups is 1. The van der Waals surface area contributed by atoms with Gasteiger partial charge in [0.05, 0.1) is 10.5 Å². The number of nitrogens with zero attached hydrogens (tertiary/aromatic N) is 1. The summed E-state index contributed by atoms with van der Waals surface area (Å²) in [7, 11) is -3.90. The molecule has 9 heteroatoms. The zero-order chi connectivity index (χ0) is 19.8. The Kier molecular flexibility index (Phi) is 5.00. The Balaban J connectivity index is 1.78. The van der Waals surface area contributed by atoms with E-state index in [-0.39, 0.29) is 22.9 Å². The smallest absolute Gasteiger partial charge is 0.312 e. The Hall–Kier alpha value is -2.39. The zero-order valence-corrected chi connectivity index (χ0v) is 15.2. The molecule has 5 nitrogen and oxygen atoms in total. The van der Waals surface area contributed by atoms with Crippen LogP contribution < -0.4 is 9.62 Å². The van der Waals surface area contributed by atoms with Gasteiger partial charge in [0, 0.05) is 25.7 Å². The number of alkyl halides is 3. The number of hydrogen-bond acceptors (Lipinski definition) is 3. The second-order valence-corrected chi connectivity index (χ2v) is 8.00. The average molecular weight is 398 g/mol. The van der Waals surface area contributed by atoms with Crippen LogP contribution in [-0.4, -0.2) is 20.9 Å². The fraction of sp³-hybridized carbons (Fsp3) is 0.278. The predicted molar refractivity (Wildman–Crippen MR) is 93.6 cm³/mol. The molecule has 0 saturated heterocycles. The molecule has 144 valence electrons. The molecule has 0 aliphatic carbocycles. The van der Waals surface area contributed by atoms with Crippen molar-refractivity contribution in [1.29, 1.82) is 0 Å². The van der Waals surface area contributed by atoms with Crippen LogP contribution >= 0.6 is 0 Å². The van der Waals surface area contributed by atoms with Gasteiger partial charge in [0.15, 0.2) is 0 Å². The molecule has 3 rings (SSSR count). The predicted octanol–water partition coefficient (Wildman–Crippen LogP) is 3.09. The number of rotatable bonds is 4. The first kappa shape index (κ1) is 19.4. The fourth-order valence-electron chi connectivity index (χ4n) is 2.99. The van der Waals surface area contributed by atoms with Gasteiger partial charge in [0.2, 0.25) is 15.9 Å². The summed E-state index contributed by atoms with van der Waals surface area (Å²) in [6, 6.07) is 8.95. The Labute approximate surface area is 154 Å². The third-order valence-electron chi connectivity index (χ3n) is 4.36. The van der Waals surface area contributed by atoms with Gasteiger partial charge in [0.1, 0.15) is 0 Å². The van der Waals surface area contributed by atoms with Crippen LogP contribution in [0.4, 0.5) is 18.9 Å². The SMILES string of the molecule is CC(=O)N1CCc2cc(S(=O)(=O)NCc3cccc(C(F)(F)F)c3)ccc21. The molecular weight excluding hydrogens is 381 g/mol. The van der Waals surface area contributed by atoms with Crippen molar-refractivity contribution in [2.24, 2.45) is 0 Å². The summed E-state index contributed by atoms with van der Waals surface area (Å²) in [5.74, 6) is -0.118. The standard InChI is InChI=1S/C18H17F3N2O3S/c1-12(24)23-8-7-14-10-16(5-6-17(14)23)27(25,26)22-11-13-3-2-4-15(9-13)18(19,20)21/h2-6,9-10,22H,7-8,11H2,1H3. The van der Waals surface area contributed by atoms with Crippen LogP contribution in [0.5, 0.6) is 0 Å². The van der Waals surface area contributed by atoms with Crippen LogP contribution in [-0.2, 0) is 34.0 Å². The van der Waals surface area contributed by atoms with E-state index < -0.39 is 21.8 Å². The molecule has 1 aliphatic heterocycles. The number of amides is 1. The lowest BCUT2D eigenvalue weighted by atomic mass is 10.1. The number of anilines is 1. The van der Waals surface area contributed by atoms with Gasteiger partial charge in [-0.25, -0.2) is 13.1 Å². The maximum Gasteiger partial charge on any atom is 0.416 e. The molecule has 0 unspecified atom stereocenters. The fourth-order valence-corrected chi connectivity index (χ4v) is 4.06. The molecule has 27 heavy (non-hydrogen) atoms. The Morgan fingerprint density at radius 1 is 1.19 bits per heavy atom. The van der Waals surface area contributed by atoms with Crippen molar-refractivity contribution < 1.29 is 26.4 Å². The van der Waals surface area contributed by atoms with Gasteiger partial charge < -0.3 is 4.90 Å². The van der Waals surface area contributed by atoms with Crippen molar-refractivity contribution in [2.75, 3.05) is 11.4 Å². The molecule has 0 radical (unpaired) electrons. The lowest BCUT2D eigenvalue weighted by Gasteiger charge is -2.15. The third-order valence-corrected chi connectivity index (χ3v) is 5.76. The Morgan fingerprint density at radius 3 is 2.59 bits per heavy atom. The average Bonchev–Trinajstić information content (AvgIpc) is 3.03. The largest absolute Gasteiger partial charge is 0.416 e. The quantitative estimate of drug-likeness (QED) is 0.861. The van der Waals surface area contributed by atoms with E-state index in [2.05, 4.69) is 4.72 Å². The van der Waals surface area contributed by atoms with Gasteiger partial charge in [0.25, 0.3) is 0 Å². The van der Waals surface area contributed by atoms with Crippen LogP contribution in [0.3, 0.4) is 0 Å². The first-order valence-electron chi connectivity index (χ1n) is 8.15. The summed E-state index contributed by atoms with van der Waals surface area (Å²) < 4.78 is 65.6. The second-order valence-electron chi connectivity index (χ2n) is 6.23. The molecule has 0 bridgehead atoms. The lowest BCUT2D eigenvalue weighted by Crippen LogP contribution is -2.26. The van der Waals surface area contributed by atoms with E-state index in [1.807, 2.05) is 0 Å². The van der Waals surface area contributed by atoms with Gasteiger partial charge in [-0.15, -0.1) is 0 Å². The van der Waals surface area contributed by atoms with Crippen LogP contribution in [0.15, 0.2) is 47.4 Å². The van der Waals surface area contributed by atoms with E-state index in [4.69, 9.17) is 0 Å². The van der Waals surface area contributed by atoms with Gasteiger partial charge in [-0.1, -0.05) is 18.2 Å². The van der Waals surface area contributed by atoms with E-state index in [9.17, 15) is 26.4 Å². The van der Waals surface area contributed by atoms with Crippen LogP contribution in [0.2, 0.25) is 0 Å². The highest BCUT2D eigenvalue weighted by molar-refractivity contribution is 7.89. The van der Waals surface area contributed by atoms with Crippen molar-refractivity contribution in [3.8, 4) is 0 Å². The van der Waals surface area contributed by atoms with Crippen molar-refractivity contribution >= 4 is 21.6 Å². The van der Waals surface area contributed by atoms with Gasteiger partial charge >= 0.3 is 6.18 Å². The molecule has 1 aliphatic rings. The first-order chi connectivity index (χ1) is 12.6. The third kappa shape index (κ3) is 4.14. The number of hydrogen-bond donors (Lipinski definition) is 1. The van der Waals surface area contributed by atoms with Gasteiger partial charge in [-0.2, -0.15) is 13.2 Å². The number of halogens is 3. The summed E-state index contributed by atoms with van der Waals surface area (Å²) in [5, 5.41) is 0. The summed E-state index contributed by atoms with van der Waals surface area (Å²) >= 11 is 0. The minimum atomic E-state index is -4.49. The van der Waals surface area contributed by atoms with Gasteiger partial charge in [-0.3, -0.25) is 4.79 Å². The molecule has 0 aromatic heterocycles. The highest BCUT2D eigenvalue weighted by atomic mass is 32.2. The summed E-state index contributed by atoms with van der Waals surface area (Å²) in [6.45, 7) is 1.67. The molecule has 1 amide bonds. The zero-order valence-electron chi connectivity index (χ0n) is 14.4. The summed E-state index contributed by atoms with van der Waals surface area (Å²) in [5.41, 5.74) is 0.796. The summed E-state index contributed by atoms with van der Waals surface area (Å²) in [4.78, 5) is 13.1.